The van der Waals surface area contributed by atoms with E-state index in [-0.39, 0.29) is 22.9 Å². The van der Waals surface area contributed by atoms with Gasteiger partial charge in [-0.25, -0.2) is 0 Å². The molecule has 2 N–H and O–H groups in total. The molecule has 0 aliphatic rings. The van der Waals surface area contributed by atoms with Gasteiger partial charge in [0.1, 0.15) is 0 Å². The Labute approximate surface area is 152 Å². The van der Waals surface area contributed by atoms with Crippen LogP contribution in [0.3, 0.4) is 0 Å². The molecule has 0 saturated carbocycles. The molecule has 0 unspecified atom stereocenters. The fraction of sp³-hybridized carbons (Fsp3) is 0.316. The van der Waals surface area contributed by atoms with Crippen molar-refractivity contribution in [1.29, 1.82) is 0 Å². The summed E-state index contributed by atoms with van der Waals surface area (Å²) in [5.41, 5.74) is 6.78. The van der Waals surface area contributed by atoms with Gasteiger partial charge in [0.25, 0.3) is 5.91 Å². The first-order chi connectivity index (χ1) is 12.6. The molecule has 0 fully saturated rings. The highest BCUT2D eigenvalue weighted by molar-refractivity contribution is 5.95. The summed E-state index contributed by atoms with van der Waals surface area (Å²) >= 11 is 0. The lowest BCUT2D eigenvalue weighted by Gasteiger charge is -2.22. The SMILES string of the molecule is CCOc1ccc(C(=O)N(CCN)CCc2ccccc2)cc1[N+](=O)[O-]. The highest BCUT2D eigenvalue weighted by Crippen LogP contribution is 2.28. The Kier molecular flexibility index (Phi) is 7.11. The quantitative estimate of drug-likeness (QED) is 0.549. The van der Waals surface area contributed by atoms with E-state index < -0.39 is 4.92 Å². The number of nitrogens with two attached hydrogens (primary N) is 1. The number of hydrogen-bond donors (Lipinski definition) is 1. The number of ether oxygens (including phenoxy) is 1. The van der Waals surface area contributed by atoms with Gasteiger partial charge in [0, 0.05) is 31.3 Å². The summed E-state index contributed by atoms with van der Waals surface area (Å²) in [4.78, 5) is 25.1. The van der Waals surface area contributed by atoms with Crippen molar-refractivity contribution in [2.24, 2.45) is 5.73 Å². The Morgan fingerprint density at radius 1 is 1.19 bits per heavy atom. The van der Waals surface area contributed by atoms with Crippen molar-refractivity contribution in [3.63, 3.8) is 0 Å². The molecule has 0 aromatic heterocycles. The van der Waals surface area contributed by atoms with Gasteiger partial charge in [0.05, 0.1) is 11.5 Å². The summed E-state index contributed by atoms with van der Waals surface area (Å²) in [7, 11) is 0. The van der Waals surface area contributed by atoms with Crippen molar-refractivity contribution in [2.75, 3.05) is 26.2 Å². The minimum Gasteiger partial charge on any atom is -0.487 e. The van der Waals surface area contributed by atoms with Crippen LogP contribution in [0.2, 0.25) is 0 Å². The second-order valence-corrected chi connectivity index (χ2v) is 5.69. The maximum atomic E-state index is 12.8. The van der Waals surface area contributed by atoms with Gasteiger partial charge in [0.2, 0.25) is 0 Å². The fourth-order valence-electron chi connectivity index (χ4n) is 2.63. The van der Waals surface area contributed by atoms with Gasteiger partial charge in [-0.05, 0) is 31.0 Å². The number of nitro benzene ring substituents is 1. The predicted octanol–water partition coefficient (Wildman–Crippen LogP) is 2.64. The molecule has 7 heteroatoms. The van der Waals surface area contributed by atoms with Gasteiger partial charge >= 0.3 is 5.69 Å². The number of rotatable bonds is 9. The minimum absolute atomic E-state index is 0.156. The van der Waals surface area contributed by atoms with E-state index in [4.69, 9.17) is 10.5 Å². The lowest BCUT2D eigenvalue weighted by atomic mass is 10.1. The third-order valence-corrected chi connectivity index (χ3v) is 3.90. The third-order valence-electron chi connectivity index (χ3n) is 3.90. The normalized spacial score (nSPS) is 10.4. The number of hydrogen-bond acceptors (Lipinski definition) is 5. The second kappa shape index (κ2) is 9.53. The smallest absolute Gasteiger partial charge is 0.311 e. The molecule has 0 spiro atoms. The molecule has 0 radical (unpaired) electrons. The second-order valence-electron chi connectivity index (χ2n) is 5.69. The number of amides is 1. The molecular formula is C19H23N3O4. The first-order valence-corrected chi connectivity index (χ1v) is 8.51. The predicted molar refractivity (Wildman–Crippen MR) is 99.4 cm³/mol. The van der Waals surface area contributed by atoms with Gasteiger partial charge in [-0.1, -0.05) is 30.3 Å². The fourth-order valence-corrected chi connectivity index (χ4v) is 2.63. The molecule has 0 aliphatic carbocycles. The van der Waals surface area contributed by atoms with Gasteiger partial charge in [0.15, 0.2) is 5.75 Å². The van der Waals surface area contributed by atoms with Gasteiger partial charge in [-0.15, -0.1) is 0 Å². The van der Waals surface area contributed by atoms with E-state index in [0.717, 1.165) is 5.56 Å². The Morgan fingerprint density at radius 3 is 2.54 bits per heavy atom. The Balaban J connectivity index is 2.19. The molecule has 0 aliphatic heterocycles. The van der Waals surface area contributed by atoms with Crippen molar-refractivity contribution in [3.05, 3.63) is 69.8 Å². The van der Waals surface area contributed by atoms with E-state index in [1.54, 1.807) is 17.9 Å². The number of nitrogens with zero attached hydrogens (tertiary/aromatic N) is 2. The molecule has 2 rings (SSSR count). The number of carbonyl (C=O) groups is 1. The number of carbonyl (C=O) groups excluding carboxylic acids is 1. The summed E-state index contributed by atoms with van der Waals surface area (Å²) in [6.07, 6.45) is 0.686. The van der Waals surface area contributed by atoms with E-state index >= 15 is 0 Å². The summed E-state index contributed by atoms with van der Waals surface area (Å²) in [6.45, 7) is 3.24. The van der Waals surface area contributed by atoms with Crippen molar-refractivity contribution in [3.8, 4) is 5.75 Å². The molecule has 7 nitrogen and oxygen atoms in total. The lowest BCUT2D eigenvalue weighted by molar-refractivity contribution is -0.385. The Morgan fingerprint density at radius 2 is 1.92 bits per heavy atom. The maximum absolute atomic E-state index is 12.8. The molecule has 2 aromatic rings. The van der Waals surface area contributed by atoms with Crippen LogP contribution in [0.15, 0.2) is 48.5 Å². The van der Waals surface area contributed by atoms with Crippen molar-refractivity contribution in [1.82, 2.24) is 4.90 Å². The molecular weight excluding hydrogens is 334 g/mol. The van der Waals surface area contributed by atoms with E-state index in [9.17, 15) is 14.9 Å². The summed E-state index contributed by atoms with van der Waals surface area (Å²) in [5.74, 6) is -0.124. The van der Waals surface area contributed by atoms with Crippen LogP contribution in [0.5, 0.6) is 5.75 Å². The summed E-state index contributed by atoms with van der Waals surface area (Å²) in [6, 6.07) is 14.1. The van der Waals surface area contributed by atoms with Crippen LogP contribution in [-0.4, -0.2) is 42.0 Å². The van der Waals surface area contributed by atoms with Crippen LogP contribution in [0, 0.1) is 10.1 Å². The first-order valence-electron chi connectivity index (χ1n) is 8.51. The molecule has 26 heavy (non-hydrogen) atoms. The highest BCUT2D eigenvalue weighted by atomic mass is 16.6. The minimum atomic E-state index is -0.543. The summed E-state index contributed by atoms with van der Waals surface area (Å²) in [5, 5.41) is 11.3. The molecule has 0 saturated heterocycles. The maximum Gasteiger partial charge on any atom is 0.311 e. The average molecular weight is 357 g/mol. The topological polar surface area (TPSA) is 98.7 Å². The van der Waals surface area contributed by atoms with Gasteiger partial charge < -0.3 is 15.4 Å². The van der Waals surface area contributed by atoms with Crippen molar-refractivity contribution < 1.29 is 14.5 Å². The molecule has 0 bridgehead atoms. The molecule has 2 aromatic carbocycles. The highest BCUT2D eigenvalue weighted by Gasteiger charge is 2.21. The van der Waals surface area contributed by atoms with Crippen LogP contribution in [0.1, 0.15) is 22.8 Å². The zero-order chi connectivity index (χ0) is 18.9. The van der Waals surface area contributed by atoms with Gasteiger partial charge in [-0.2, -0.15) is 0 Å². The summed E-state index contributed by atoms with van der Waals surface area (Å²) < 4.78 is 5.26. The monoisotopic (exact) mass is 357 g/mol. The van der Waals surface area contributed by atoms with Crippen LogP contribution in [-0.2, 0) is 6.42 Å². The van der Waals surface area contributed by atoms with Crippen molar-refractivity contribution in [2.45, 2.75) is 13.3 Å². The van der Waals surface area contributed by atoms with Crippen LogP contribution >= 0.6 is 0 Å². The zero-order valence-electron chi connectivity index (χ0n) is 14.8. The average Bonchev–Trinajstić information content (AvgIpc) is 2.66. The Bertz CT molecular complexity index is 750. The van der Waals surface area contributed by atoms with E-state index in [1.807, 2.05) is 30.3 Å². The van der Waals surface area contributed by atoms with E-state index in [2.05, 4.69) is 0 Å². The first kappa shape index (κ1) is 19.4. The molecule has 1 amide bonds. The van der Waals surface area contributed by atoms with Gasteiger partial charge in [-0.3, -0.25) is 14.9 Å². The van der Waals surface area contributed by atoms with Crippen LogP contribution < -0.4 is 10.5 Å². The number of nitro groups is 1. The zero-order valence-corrected chi connectivity index (χ0v) is 14.8. The standard InChI is InChI=1S/C19H23N3O4/c1-2-26-18-9-8-16(14-17(18)22(24)25)19(23)21(13-11-20)12-10-15-6-4-3-5-7-15/h3-9,14H,2,10-13,20H2,1H3. The van der Waals surface area contributed by atoms with E-state index in [1.165, 1.54) is 12.1 Å². The molecule has 0 atom stereocenters. The third kappa shape index (κ3) is 5.03. The Hall–Kier alpha value is -2.93. The van der Waals surface area contributed by atoms with Crippen LogP contribution in [0.25, 0.3) is 0 Å². The van der Waals surface area contributed by atoms with E-state index in [0.29, 0.717) is 32.7 Å². The largest absolute Gasteiger partial charge is 0.487 e. The number of benzene rings is 2. The van der Waals surface area contributed by atoms with Crippen LogP contribution in [0.4, 0.5) is 5.69 Å². The molecule has 0 heterocycles. The lowest BCUT2D eigenvalue weighted by Crippen LogP contribution is -2.37. The molecule has 138 valence electrons. The van der Waals surface area contributed by atoms with Crippen molar-refractivity contribution >= 4 is 11.6 Å².